The zero-order valence-corrected chi connectivity index (χ0v) is 36.3. The Morgan fingerprint density at radius 1 is 0.590 bits per heavy atom. The van der Waals surface area contributed by atoms with Crippen LogP contribution >= 0.6 is 21.6 Å². The van der Waals surface area contributed by atoms with Gasteiger partial charge >= 0.3 is 0 Å². The van der Waals surface area contributed by atoms with Crippen molar-refractivity contribution in [1.29, 1.82) is 0 Å². The van der Waals surface area contributed by atoms with Crippen molar-refractivity contribution in [2.45, 2.75) is 83.0 Å². The van der Waals surface area contributed by atoms with Gasteiger partial charge in [0.15, 0.2) is 0 Å². The maximum atomic E-state index is 13.5. The van der Waals surface area contributed by atoms with E-state index in [0.29, 0.717) is 36.9 Å². The molecule has 336 valence electrons. The number of nitrogens with one attached hydrogen (secondary N) is 7. The number of aromatic hydroxyl groups is 2. The number of primary amides is 1. The third-order valence-corrected chi connectivity index (χ3v) is 10.7. The van der Waals surface area contributed by atoms with E-state index in [9.17, 15) is 48.6 Å². The molecule has 21 heteroatoms. The van der Waals surface area contributed by atoms with Gasteiger partial charge in [0.2, 0.25) is 47.3 Å². The van der Waals surface area contributed by atoms with Gasteiger partial charge in [0, 0.05) is 25.0 Å². The molecule has 13 N–H and O–H groups in total. The summed E-state index contributed by atoms with van der Waals surface area (Å²) in [5.41, 5.74) is 12.2. The molecule has 61 heavy (non-hydrogen) atoms. The third kappa shape index (κ3) is 21.5. The molecule has 8 amide bonds. The average molecular weight is 890 g/mol. The van der Waals surface area contributed by atoms with Crippen molar-refractivity contribution in [3.05, 3.63) is 59.7 Å². The Hall–Kier alpha value is -5.54. The summed E-state index contributed by atoms with van der Waals surface area (Å²) in [4.78, 5) is 103. The van der Waals surface area contributed by atoms with Crippen molar-refractivity contribution in [2.75, 3.05) is 38.2 Å². The van der Waals surface area contributed by atoms with E-state index < -0.39 is 85.2 Å². The molecule has 4 atom stereocenters. The Labute approximate surface area is 363 Å². The largest absolute Gasteiger partial charge is 0.508 e. The zero-order valence-electron chi connectivity index (χ0n) is 34.6. The number of phenolic OH excluding ortho intramolecular Hbond substituents is 2. The van der Waals surface area contributed by atoms with Crippen molar-refractivity contribution >= 4 is 68.8 Å². The Morgan fingerprint density at radius 3 is 1.61 bits per heavy atom. The van der Waals surface area contributed by atoms with Crippen LogP contribution in [0.2, 0.25) is 0 Å². The third-order valence-electron chi connectivity index (χ3n) is 8.91. The molecule has 0 aliphatic rings. The van der Waals surface area contributed by atoms with Crippen molar-refractivity contribution in [1.82, 2.24) is 37.2 Å². The van der Waals surface area contributed by atoms with Gasteiger partial charge in [0.05, 0.1) is 19.6 Å². The highest BCUT2D eigenvalue weighted by atomic mass is 33.1. The molecule has 0 aliphatic carbocycles. The van der Waals surface area contributed by atoms with E-state index >= 15 is 0 Å². The lowest BCUT2D eigenvalue weighted by Gasteiger charge is -2.23. The summed E-state index contributed by atoms with van der Waals surface area (Å²) in [5.74, 6) is -4.88. The molecule has 0 radical (unpaired) electrons. The topological polar surface area (TPSA) is 313 Å². The van der Waals surface area contributed by atoms with Crippen LogP contribution in [0.25, 0.3) is 0 Å². The molecular formula is C40H59N9O10S2. The van der Waals surface area contributed by atoms with Gasteiger partial charge in [-0.3, -0.25) is 38.4 Å². The Kier molecular flexibility index (Phi) is 23.7. The summed E-state index contributed by atoms with van der Waals surface area (Å²) in [6.45, 7) is 2.59. The molecule has 4 unspecified atom stereocenters. The van der Waals surface area contributed by atoms with Gasteiger partial charge in [-0.2, -0.15) is 0 Å². The minimum Gasteiger partial charge on any atom is -0.508 e. The van der Waals surface area contributed by atoms with Gasteiger partial charge in [-0.05, 0) is 79.8 Å². The minimum atomic E-state index is -1.20. The summed E-state index contributed by atoms with van der Waals surface area (Å²) in [6.07, 6.45) is 3.79. The van der Waals surface area contributed by atoms with E-state index in [2.05, 4.69) is 37.2 Å². The summed E-state index contributed by atoms with van der Waals surface area (Å²) in [6, 6.07) is 7.55. The van der Waals surface area contributed by atoms with Crippen LogP contribution in [0.4, 0.5) is 0 Å². The summed E-state index contributed by atoms with van der Waals surface area (Å²) >= 11 is 0. The Bertz CT molecular complexity index is 1770. The predicted octanol–water partition coefficient (Wildman–Crippen LogP) is -0.767. The first kappa shape index (κ1) is 51.6. The maximum Gasteiger partial charge on any atom is 0.244 e. The van der Waals surface area contributed by atoms with E-state index in [1.807, 2.05) is 20.1 Å². The van der Waals surface area contributed by atoms with Crippen LogP contribution in [0.3, 0.4) is 0 Å². The van der Waals surface area contributed by atoms with E-state index in [1.165, 1.54) is 45.9 Å². The number of rotatable bonds is 28. The summed E-state index contributed by atoms with van der Waals surface area (Å²) in [7, 11) is 2.76. The summed E-state index contributed by atoms with van der Waals surface area (Å²) < 4.78 is 0. The fraction of sp³-hybridized carbons (Fsp3) is 0.500. The van der Waals surface area contributed by atoms with Gasteiger partial charge < -0.3 is 58.9 Å². The van der Waals surface area contributed by atoms with Crippen LogP contribution in [0.5, 0.6) is 11.5 Å². The smallest absolute Gasteiger partial charge is 0.244 e. The molecule has 0 aliphatic heterocycles. The van der Waals surface area contributed by atoms with Crippen molar-refractivity contribution in [3.8, 4) is 11.5 Å². The number of nitrogens with two attached hydrogens (primary N) is 2. The second-order valence-electron chi connectivity index (χ2n) is 14.4. The molecule has 0 aromatic heterocycles. The van der Waals surface area contributed by atoms with E-state index in [4.69, 9.17) is 11.5 Å². The van der Waals surface area contributed by atoms with Gasteiger partial charge in [-0.25, -0.2) is 0 Å². The van der Waals surface area contributed by atoms with Gasteiger partial charge in [-0.15, -0.1) is 0 Å². The number of benzene rings is 2. The molecular weight excluding hydrogens is 831 g/mol. The monoisotopic (exact) mass is 889 g/mol. The van der Waals surface area contributed by atoms with Crippen molar-refractivity contribution in [3.63, 3.8) is 0 Å². The molecule has 0 saturated carbocycles. The Balaban J connectivity index is 2.02. The fourth-order valence-corrected chi connectivity index (χ4v) is 6.84. The van der Waals surface area contributed by atoms with Crippen LogP contribution in [0.1, 0.15) is 57.1 Å². The fourth-order valence-electron chi connectivity index (χ4n) is 5.52. The number of hydrogen-bond acceptors (Lipinski definition) is 13. The van der Waals surface area contributed by atoms with Crippen molar-refractivity contribution in [2.24, 2.45) is 17.4 Å². The van der Waals surface area contributed by atoms with Crippen molar-refractivity contribution < 1.29 is 48.6 Å². The number of unbranched alkanes of at least 4 members (excludes halogenated alkanes) is 1. The summed E-state index contributed by atoms with van der Waals surface area (Å²) in [5, 5.41) is 36.9. The van der Waals surface area contributed by atoms with E-state index in [0.717, 1.165) is 0 Å². The molecule has 2 aromatic rings. The normalized spacial score (nSPS) is 12.8. The van der Waals surface area contributed by atoms with Gasteiger partial charge in [0.1, 0.15) is 35.7 Å². The molecule has 2 aromatic carbocycles. The first-order valence-corrected chi connectivity index (χ1v) is 22.4. The first-order chi connectivity index (χ1) is 29.0. The number of hydrogen-bond donors (Lipinski definition) is 11. The number of phenols is 2. The molecule has 0 fully saturated rings. The second kappa shape index (κ2) is 28.1. The standard InChI is InChI=1S/C40H59N9O10S2/c1-24(2)7-16-33(52)48-32(23-61-60-3)40(59)49-31(19-26-10-14-28(51)15-11-26)39(58)45-22-36(55)46-29(6-4-5-17-41)38(57)44-20-34(53)43-21-35(54)47-30(37(42)56)18-25-8-12-27(50)13-9-25/h8-15,24,29-32,50-51H,4-7,16-23,41H2,1-3H3,(H2,42,56)(H,43,53)(H,44,57)(H,45,58)(H,46,55)(H,47,54)(H,48,52)(H,49,59). The minimum absolute atomic E-state index is 0.00386. The van der Waals surface area contributed by atoms with Crippen LogP contribution < -0.4 is 48.7 Å². The molecule has 0 heterocycles. The van der Waals surface area contributed by atoms with Crippen LogP contribution in [-0.4, -0.2) is 120 Å². The molecule has 0 bridgehead atoms. The maximum absolute atomic E-state index is 13.5. The van der Waals surface area contributed by atoms with Gasteiger partial charge in [-0.1, -0.05) is 59.7 Å². The zero-order chi connectivity index (χ0) is 45.3. The molecule has 0 saturated heterocycles. The lowest BCUT2D eigenvalue weighted by atomic mass is 10.0. The molecule has 0 spiro atoms. The average Bonchev–Trinajstić information content (AvgIpc) is 3.22. The quantitative estimate of drug-likeness (QED) is 0.0370. The SMILES string of the molecule is CSSCC(NC(=O)CCC(C)C)C(=O)NC(Cc1ccc(O)cc1)C(=O)NCC(=O)NC(CCCCN)C(=O)NCC(=O)NCC(=O)NC(Cc1ccc(O)cc1)C(N)=O. The highest BCUT2D eigenvalue weighted by Gasteiger charge is 2.28. The Morgan fingerprint density at radius 2 is 1.08 bits per heavy atom. The predicted molar refractivity (Wildman–Crippen MR) is 233 cm³/mol. The lowest BCUT2D eigenvalue weighted by molar-refractivity contribution is -0.133. The molecule has 2 rings (SSSR count). The van der Waals surface area contributed by atoms with Crippen LogP contribution in [0, 0.1) is 5.92 Å². The van der Waals surface area contributed by atoms with Crippen LogP contribution in [-0.2, 0) is 51.2 Å². The number of amides is 8. The molecule has 19 nitrogen and oxygen atoms in total. The van der Waals surface area contributed by atoms with E-state index in [-0.39, 0.29) is 54.8 Å². The van der Waals surface area contributed by atoms with E-state index in [1.54, 1.807) is 24.3 Å². The number of carbonyl (C=O) groups is 8. The highest BCUT2D eigenvalue weighted by molar-refractivity contribution is 8.76. The van der Waals surface area contributed by atoms with Gasteiger partial charge in [0.25, 0.3) is 0 Å². The highest BCUT2D eigenvalue weighted by Crippen LogP contribution is 2.19. The number of carbonyl (C=O) groups excluding carboxylic acids is 8. The lowest BCUT2D eigenvalue weighted by Crippen LogP contribution is -2.56. The second-order valence-corrected chi connectivity index (χ2v) is 17.1. The van der Waals surface area contributed by atoms with Crippen LogP contribution in [0.15, 0.2) is 48.5 Å². The first-order valence-electron chi connectivity index (χ1n) is 19.7.